The summed E-state index contributed by atoms with van der Waals surface area (Å²) in [5.74, 6) is 2.15. The molecule has 3 aromatic rings. The van der Waals surface area contributed by atoms with Crippen LogP contribution < -0.4 is 5.32 Å². The molecular weight excluding hydrogens is 408 g/mol. The smallest absolute Gasteiger partial charge is 0.240 e. The number of benzene rings is 2. The summed E-state index contributed by atoms with van der Waals surface area (Å²) in [5, 5.41) is 3.09. The molecule has 1 aliphatic carbocycles. The number of carbonyl (C=O) groups is 2. The molecule has 6 nitrogen and oxygen atoms in total. The van der Waals surface area contributed by atoms with Gasteiger partial charge in [-0.05, 0) is 30.4 Å². The Kier molecular flexibility index (Phi) is 5.44. The highest BCUT2D eigenvalue weighted by Crippen LogP contribution is 2.45. The average Bonchev–Trinajstić information content (AvgIpc) is 3.39. The van der Waals surface area contributed by atoms with E-state index in [1.165, 1.54) is 5.56 Å². The summed E-state index contributed by atoms with van der Waals surface area (Å²) in [4.78, 5) is 32.1. The summed E-state index contributed by atoms with van der Waals surface area (Å²) in [6.45, 7) is 0.818. The predicted molar refractivity (Wildman–Crippen MR) is 123 cm³/mol. The Bertz CT molecular complexity index is 1110. The summed E-state index contributed by atoms with van der Waals surface area (Å²) >= 11 is 1.69. The molecule has 160 valence electrons. The van der Waals surface area contributed by atoms with Crippen molar-refractivity contribution in [2.24, 2.45) is 0 Å². The normalized spacial score (nSPS) is 22.8. The van der Waals surface area contributed by atoms with Crippen molar-refractivity contribution >= 4 is 34.6 Å². The molecule has 7 heteroatoms. The van der Waals surface area contributed by atoms with Crippen molar-refractivity contribution in [3.63, 3.8) is 0 Å². The monoisotopic (exact) mass is 434 g/mol. The Balaban J connectivity index is 1.23. The standard InChI is InChI=1S/C24H26N4O2S/c1-31-15-22-26-19-9-5-6-10-20(19)27(22)14-23(29)25-17-11-24(30)28(13-17)21-12-18(21)16-7-3-2-4-8-16/h2-10,17-18,21H,11-15H2,1H3,(H,25,29)/t17-,18+,21+/m1/s1. The van der Waals surface area contributed by atoms with Gasteiger partial charge < -0.3 is 14.8 Å². The first-order valence-corrected chi connectivity index (χ1v) is 12.1. The highest BCUT2D eigenvalue weighted by molar-refractivity contribution is 7.97. The molecule has 1 aliphatic heterocycles. The van der Waals surface area contributed by atoms with E-state index in [0.717, 1.165) is 29.0 Å². The lowest BCUT2D eigenvalue weighted by Crippen LogP contribution is -2.39. The number of amides is 2. The second-order valence-corrected chi connectivity index (χ2v) is 9.24. The number of hydrogen-bond donors (Lipinski definition) is 1. The number of nitrogens with one attached hydrogen (secondary N) is 1. The molecule has 2 aromatic carbocycles. The SMILES string of the molecule is CSCc1nc2ccccc2n1CC(=O)N[C@@H]1CC(=O)N([C@H]2C[C@H]2c2ccccc2)C1. The highest BCUT2D eigenvalue weighted by Gasteiger charge is 2.47. The van der Waals surface area contributed by atoms with Gasteiger partial charge in [0.1, 0.15) is 12.4 Å². The van der Waals surface area contributed by atoms with E-state index in [-0.39, 0.29) is 30.4 Å². The van der Waals surface area contributed by atoms with Crippen LogP contribution in [-0.4, -0.2) is 51.1 Å². The number of thioether (sulfide) groups is 1. The molecule has 2 heterocycles. The number of nitrogens with zero attached hydrogens (tertiary/aromatic N) is 3. The maximum Gasteiger partial charge on any atom is 0.240 e. The molecule has 1 saturated carbocycles. The predicted octanol–water partition coefficient (Wildman–Crippen LogP) is 3.17. The van der Waals surface area contributed by atoms with E-state index >= 15 is 0 Å². The molecule has 2 amide bonds. The summed E-state index contributed by atoms with van der Waals surface area (Å²) in [6.07, 6.45) is 3.42. The van der Waals surface area contributed by atoms with Crippen molar-refractivity contribution in [3.05, 3.63) is 66.0 Å². The topological polar surface area (TPSA) is 67.2 Å². The fourth-order valence-corrected chi connectivity index (χ4v) is 5.17. The Morgan fingerprint density at radius 2 is 1.94 bits per heavy atom. The lowest BCUT2D eigenvalue weighted by molar-refractivity contribution is -0.128. The van der Waals surface area contributed by atoms with Gasteiger partial charge in [-0.3, -0.25) is 9.59 Å². The number of imidazole rings is 1. The molecular formula is C24H26N4O2S. The molecule has 1 aromatic heterocycles. The third-order valence-electron chi connectivity index (χ3n) is 6.22. The molecule has 1 N–H and O–H groups in total. The van der Waals surface area contributed by atoms with Gasteiger partial charge in [0.25, 0.3) is 0 Å². The first kappa shape index (κ1) is 20.1. The molecule has 5 rings (SSSR count). The van der Waals surface area contributed by atoms with Gasteiger partial charge in [-0.1, -0.05) is 42.5 Å². The van der Waals surface area contributed by atoms with E-state index in [1.54, 1.807) is 11.8 Å². The van der Waals surface area contributed by atoms with Gasteiger partial charge in [0, 0.05) is 24.9 Å². The van der Waals surface area contributed by atoms with Crippen molar-refractivity contribution in [2.45, 2.75) is 43.1 Å². The number of likely N-dealkylation sites (tertiary alicyclic amines) is 1. The maximum atomic E-state index is 12.9. The minimum absolute atomic E-state index is 0.0689. The zero-order chi connectivity index (χ0) is 21.4. The van der Waals surface area contributed by atoms with Crippen LogP contribution in [0.1, 0.15) is 30.1 Å². The van der Waals surface area contributed by atoms with Crippen molar-refractivity contribution in [3.8, 4) is 0 Å². The van der Waals surface area contributed by atoms with E-state index in [0.29, 0.717) is 18.9 Å². The number of rotatable bonds is 7. The minimum atomic E-state index is -0.129. The molecule has 31 heavy (non-hydrogen) atoms. The van der Waals surface area contributed by atoms with Crippen LogP contribution >= 0.6 is 11.8 Å². The van der Waals surface area contributed by atoms with Crippen molar-refractivity contribution < 1.29 is 9.59 Å². The molecule has 0 radical (unpaired) electrons. The van der Waals surface area contributed by atoms with Gasteiger partial charge in [-0.25, -0.2) is 4.98 Å². The molecule has 0 unspecified atom stereocenters. The van der Waals surface area contributed by atoms with Crippen LogP contribution in [0, 0.1) is 0 Å². The second kappa shape index (κ2) is 8.38. The Morgan fingerprint density at radius 1 is 1.16 bits per heavy atom. The zero-order valence-corrected chi connectivity index (χ0v) is 18.3. The summed E-state index contributed by atoms with van der Waals surface area (Å²) in [6, 6.07) is 18.4. The molecule has 1 saturated heterocycles. The lowest BCUT2D eigenvalue weighted by atomic mass is 10.1. The minimum Gasteiger partial charge on any atom is -0.350 e. The Hall–Kier alpha value is -2.80. The third-order valence-corrected chi connectivity index (χ3v) is 6.76. The second-order valence-electron chi connectivity index (χ2n) is 8.37. The van der Waals surface area contributed by atoms with Crippen molar-refractivity contribution in [1.29, 1.82) is 0 Å². The number of aromatic nitrogens is 2. The van der Waals surface area contributed by atoms with Gasteiger partial charge >= 0.3 is 0 Å². The first-order valence-electron chi connectivity index (χ1n) is 10.7. The van der Waals surface area contributed by atoms with Crippen LogP contribution in [-0.2, 0) is 21.9 Å². The first-order chi connectivity index (χ1) is 15.1. The van der Waals surface area contributed by atoms with Crippen LogP contribution in [0.25, 0.3) is 11.0 Å². The van der Waals surface area contributed by atoms with Gasteiger partial charge in [0.15, 0.2) is 0 Å². The van der Waals surface area contributed by atoms with E-state index in [9.17, 15) is 9.59 Å². The van der Waals surface area contributed by atoms with Gasteiger partial charge in [0.2, 0.25) is 11.8 Å². The fraction of sp³-hybridized carbons (Fsp3) is 0.375. The van der Waals surface area contributed by atoms with E-state index in [1.807, 2.05) is 58.2 Å². The zero-order valence-electron chi connectivity index (χ0n) is 17.5. The highest BCUT2D eigenvalue weighted by atomic mass is 32.2. The number of hydrogen-bond acceptors (Lipinski definition) is 4. The van der Waals surface area contributed by atoms with Crippen LogP contribution in [0.2, 0.25) is 0 Å². The van der Waals surface area contributed by atoms with Gasteiger partial charge in [-0.15, -0.1) is 0 Å². The number of fused-ring (bicyclic) bond motifs is 1. The van der Waals surface area contributed by atoms with Crippen molar-refractivity contribution in [2.75, 3.05) is 12.8 Å². The van der Waals surface area contributed by atoms with E-state index in [4.69, 9.17) is 0 Å². The van der Waals surface area contributed by atoms with Crippen molar-refractivity contribution in [1.82, 2.24) is 19.8 Å². The maximum absolute atomic E-state index is 12.9. The molecule has 2 aliphatic rings. The van der Waals surface area contributed by atoms with Crippen LogP contribution in [0.3, 0.4) is 0 Å². The largest absolute Gasteiger partial charge is 0.350 e. The van der Waals surface area contributed by atoms with E-state index in [2.05, 4.69) is 22.4 Å². The van der Waals surface area contributed by atoms with Crippen LogP contribution in [0.4, 0.5) is 0 Å². The average molecular weight is 435 g/mol. The third kappa shape index (κ3) is 4.06. The number of para-hydroxylation sites is 2. The molecule has 2 fully saturated rings. The number of carbonyl (C=O) groups excluding carboxylic acids is 2. The molecule has 3 atom stereocenters. The molecule has 0 bridgehead atoms. The lowest BCUT2D eigenvalue weighted by Gasteiger charge is -2.18. The van der Waals surface area contributed by atoms with Crippen LogP contribution in [0.15, 0.2) is 54.6 Å². The van der Waals surface area contributed by atoms with Gasteiger partial charge in [0.05, 0.1) is 22.8 Å². The Labute approximate surface area is 186 Å². The Morgan fingerprint density at radius 3 is 2.74 bits per heavy atom. The summed E-state index contributed by atoms with van der Waals surface area (Å²) in [7, 11) is 0. The van der Waals surface area contributed by atoms with Gasteiger partial charge in [-0.2, -0.15) is 11.8 Å². The quantitative estimate of drug-likeness (QED) is 0.620. The van der Waals surface area contributed by atoms with E-state index < -0.39 is 0 Å². The fourth-order valence-electron chi connectivity index (χ4n) is 4.69. The van der Waals surface area contributed by atoms with Crippen LogP contribution in [0.5, 0.6) is 0 Å². The summed E-state index contributed by atoms with van der Waals surface area (Å²) < 4.78 is 1.99. The molecule has 0 spiro atoms. The summed E-state index contributed by atoms with van der Waals surface area (Å²) in [5.41, 5.74) is 3.16.